The van der Waals surface area contributed by atoms with Gasteiger partial charge in [-0.2, -0.15) is 0 Å². The van der Waals surface area contributed by atoms with Crippen LogP contribution in [0.5, 0.6) is 5.75 Å². The number of carbonyl (C=O) groups excluding carboxylic acids is 1. The maximum absolute atomic E-state index is 10.4. The zero-order valence-corrected chi connectivity index (χ0v) is 12.7. The standard InChI is InChI=1S/C11H14O3.K/c1-7-4-5-10(8(2)6-7)14-9(3)11(12)13;/h4-6,9H,1-3H3,(H,12,13);/q;+1/p-1. The second kappa shape index (κ2) is 6.65. The monoisotopic (exact) mass is 232 g/mol. The zero-order chi connectivity index (χ0) is 10.7. The van der Waals surface area contributed by atoms with Crippen molar-refractivity contribution in [3.63, 3.8) is 0 Å². The molecule has 0 spiro atoms. The first-order valence-electron chi connectivity index (χ1n) is 4.45. The van der Waals surface area contributed by atoms with E-state index in [1.54, 1.807) is 6.07 Å². The summed E-state index contributed by atoms with van der Waals surface area (Å²) in [6.45, 7) is 5.30. The molecule has 3 nitrogen and oxygen atoms in total. The molecule has 0 saturated heterocycles. The molecule has 0 bridgehead atoms. The van der Waals surface area contributed by atoms with Gasteiger partial charge in [-0.15, -0.1) is 0 Å². The minimum atomic E-state index is -1.20. The molecule has 0 saturated carbocycles. The van der Waals surface area contributed by atoms with Crippen LogP contribution in [0.4, 0.5) is 0 Å². The van der Waals surface area contributed by atoms with Gasteiger partial charge in [0.2, 0.25) is 0 Å². The number of ether oxygens (including phenoxy) is 1. The van der Waals surface area contributed by atoms with E-state index in [0.717, 1.165) is 11.1 Å². The van der Waals surface area contributed by atoms with E-state index in [2.05, 4.69) is 0 Å². The van der Waals surface area contributed by atoms with Gasteiger partial charge in [-0.25, -0.2) is 0 Å². The van der Waals surface area contributed by atoms with Crippen molar-refractivity contribution in [3.05, 3.63) is 29.3 Å². The fourth-order valence-electron chi connectivity index (χ4n) is 1.17. The van der Waals surface area contributed by atoms with E-state index in [9.17, 15) is 9.90 Å². The van der Waals surface area contributed by atoms with Gasteiger partial charge >= 0.3 is 51.4 Å². The van der Waals surface area contributed by atoms with Gasteiger partial charge in [0.05, 0.1) is 5.97 Å². The van der Waals surface area contributed by atoms with Crippen LogP contribution in [0, 0.1) is 13.8 Å². The summed E-state index contributed by atoms with van der Waals surface area (Å²) in [5, 5.41) is 10.4. The molecule has 0 radical (unpaired) electrons. The largest absolute Gasteiger partial charge is 1.00 e. The summed E-state index contributed by atoms with van der Waals surface area (Å²) in [5.41, 5.74) is 2.05. The van der Waals surface area contributed by atoms with Gasteiger partial charge in [0.25, 0.3) is 0 Å². The predicted octanol–water partition coefficient (Wildman–Crippen LogP) is -2.18. The smallest absolute Gasteiger partial charge is 0.546 e. The summed E-state index contributed by atoms with van der Waals surface area (Å²) in [6.07, 6.45) is -0.920. The summed E-state index contributed by atoms with van der Waals surface area (Å²) in [6, 6.07) is 5.59. The summed E-state index contributed by atoms with van der Waals surface area (Å²) < 4.78 is 5.20. The maximum Gasteiger partial charge on any atom is 1.00 e. The van der Waals surface area contributed by atoms with E-state index in [0.29, 0.717) is 5.75 Å². The molecule has 0 aromatic heterocycles. The SMILES string of the molecule is Cc1ccc(OC(C)C(=O)[O-])c(C)c1.[K+]. The minimum absolute atomic E-state index is 0. The molecule has 1 aromatic carbocycles. The van der Waals surface area contributed by atoms with Crippen LogP contribution in [0.2, 0.25) is 0 Å². The van der Waals surface area contributed by atoms with E-state index in [4.69, 9.17) is 4.74 Å². The molecule has 0 N–H and O–H groups in total. The number of aliphatic carboxylic acids is 1. The summed E-state index contributed by atoms with van der Waals surface area (Å²) in [4.78, 5) is 10.4. The third-order valence-corrected chi connectivity index (χ3v) is 1.97. The maximum atomic E-state index is 10.4. The van der Waals surface area contributed by atoms with E-state index < -0.39 is 12.1 Å². The van der Waals surface area contributed by atoms with Crippen LogP contribution in [0.15, 0.2) is 18.2 Å². The molecule has 0 amide bonds. The van der Waals surface area contributed by atoms with Gasteiger partial charge in [-0.3, -0.25) is 0 Å². The molecule has 1 rings (SSSR count). The predicted molar refractivity (Wildman–Crippen MR) is 51.0 cm³/mol. The molecule has 1 aromatic rings. The second-order valence-electron chi connectivity index (χ2n) is 3.35. The first kappa shape index (κ1) is 15.1. The third kappa shape index (κ3) is 4.65. The molecular formula is C11H13KO3. The number of aryl methyl sites for hydroxylation is 2. The third-order valence-electron chi connectivity index (χ3n) is 1.97. The fraction of sp³-hybridized carbons (Fsp3) is 0.364. The number of carboxylic acid groups (broad SMARTS) is 1. The summed E-state index contributed by atoms with van der Waals surface area (Å²) >= 11 is 0. The van der Waals surface area contributed by atoms with Crippen molar-refractivity contribution >= 4 is 5.97 Å². The van der Waals surface area contributed by atoms with Crippen molar-refractivity contribution in [3.8, 4) is 5.75 Å². The van der Waals surface area contributed by atoms with Crippen molar-refractivity contribution in [1.29, 1.82) is 0 Å². The number of carbonyl (C=O) groups is 1. The van der Waals surface area contributed by atoms with Crippen molar-refractivity contribution in [2.75, 3.05) is 0 Å². The van der Waals surface area contributed by atoms with Crippen molar-refractivity contribution < 1.29 is 66.0 Å². The Hall–Kier alpha value is 0.126. The van der Waals surface area contributed by atoms with Crippen LogP contribution in [-0.2, 0) is 4.79 Å². The van der Waals surface area contributed by atoms with Gasteiger partial charge in [-0.05, 0) is 32.4 Å². The molecule has 0 aliphatic rings. The molecule has 1 unspecified atom stereocenters. The van der Waals surface area contributed by atoms with Crippen LogP contribution in [-0.4, -0.2) is 12.1 Å². The first-order chi connectivity index (χ1) is 6.50. The Bertz CT molecular complexity index is 350. The molecule has 0 aliphatic heterocycles. The number of benzene rings is 1. The van der Waals surface area contributed by atoms with Gasteiger partial charge in [-0.1, -0.05) is 17.7 Å². The Labute approximate surface area is 132 Å². The van der Waals surface area contributed by atoms with Gasteiger partial charge < -0.3 is 14.6 Å². The fourth-order valence-corrected chi connectivity index (χ4v) is 1.17. The van der Waals surface area contributed by atoms with Crippen LogP contribution in [0.25, 0.3) is 0 Å². The molecule has 15 heavy (non-hydrogen) atoms. The quantitative estimate of drug-likeness (QED) is 0.557. The van der Waals surface area contributed by atoms with Crippen molar-refractivity contribution in [1.82, 2.24) is 0 Å². The Kier molecular flexibility index (Phi) is 6.71. The Morgan fingerprint density at radius 1 is 1.40 bits per heavy atom. The molecule has 4 heteroatoms. The number of hydrogen-bond acceptors (Lipinski definition) is 3. The zero-order valence-electron chi connectivity index (χ0n) is 9.53. The van der Waals surface area contributed by atoms with Crippen molar-refractivity contribution in [2.24, 2.45) is 0 Å². The normalized spacial score (nSPS) is 11.4. The van der Waals surface area contributed by atoms with Crippen LogP contribution >= 0.6 is 0 Å². The minimum Gasteiger partial charge on any atom is -0.546 e. The van der Waals surface area contributed by atoms with Crippen LogP contribution < -0.4 is 61.2 Å². The van der Waals surface area contributed by atoms with Gasteiger partial charge in [0.15, 0.2) is 0 Å². The van der Waals surface area contributed by atoms with Crippen molar-refractivity contribution in [2.45, 2.75) is 26.9 Å². The van der Waals surface area contributed by atoms with Crippen LogP contribution in [0.3, 0.4) is 0 Å². The van der Waals surface area contributed by atoms with E-state index >= 15 is 0 Å². The molecule has 0 heterocycles. The Morgan fingerprint density at radius 3 is 2.47 bits per heavy atom. The van der Waals surface area contributed by atoms with E-state index in [1.165, 1.54) is 6.92 Å². The summed E-state index contributed by atoms with van der Waals surface area (Å²) in [5.74, 6) is -0.614. The van der Waals surface area contributed by atoms with E-state index in [1.807, 2.05) is 26.0 Å². The van der Waals surface area contributed by atoms with Crippen LogP contribution in [0.1, 0.15) is 18.1 Å². The summed E-state index contributed by atoms with van der Waals surface area (Å²) in [7, 11) is 0. The average Bonchev–Trinajstić information content (AvgIpc) is 2.09. The second-order valence-corrected chi connectivity index (χ2v) is 3.35. The molecule has 0 fully saturated rings. The Balaban J connectivity index is 0.00000196. The molecule has 76 valence electrons. The molecular weight excluding hydrogens is 219 g/mol. The van der Waals surface area contributed by atoms with E-state index in [-0.39, 0.29) is 51.4 Å². The molecule has 1 atom stereocenters. The first-order valence-corrected chi connectivity index (χ1v) is 4.45. The number of rotatable bonds is 3. The number of hydrogen-bond donors (Lipinski definition) is 0. The molecule has 0 aliphatic carbocycles. The topological polar surface area (TPSA) is 49.4 Å². The van der Waals surface area contributed by atoms with Gasteiger partial charge in [0, 0.05) is 0 Å². The Morgan fingerprint density at radius 2 is 2.00 bits per heavy atom. The van der Waals surface area contributed by atoms with Gasteiger partial charge in [0.1, 0.15) is 11.9 Å². The average molecular weight is 232 g/mol. The number of carboxylic acids is 1.